The first-order valence-electron chi connectivity index (χ1n) is 5.57. The van der Waals surface area contributed by atoms with Crippen LogP contribution in [0.25, 0.3) is 0 Å². The highest BCUT2D eigenvalue weighted by Crippen LogP contribution is 2.21. The number of hydrogen-bond acceptors (Lipinski definition) is 4. The Bertz CT molecular complexity index is 334. The fourth-order valence-corrected chi connectivity index (χ4v) is 1.73. The number of methoxy groups -OCH3 is 1. The largest absolute Gasteiger partial charge is 0.481 e. The van der Waals surface area contributed by atoms with Gasteiger partial charge in [-0.2, -0.15) is 5.10 Å². The van der Waals surface area contributed by atoms with Gasteiger partial charge in [0.05, 0.1) is 24.5 Å². The van der Waals surface area contributed by atoms with E-state index in [2.05, 4.69) is 17.3 Å². The van der Waals surface area contributed by atoms with Crippen LogP contribution in [-0.4, -0.2) is 34.6 Å². The molecule has 0 radical (unpaired) electrons. The number of nitrogens with one attached hydrogen (secondary N) is 1. The van der Waals surface area contributed by atoms with Crippen molar-refractivity contribution in [1.82, 2.24) is 15.1 Å². The highest BCUT2D eigenvalue weighted by Gasteiger charge is 2.14. The molecule has 0 aliphatic heterocycles. The molecule has 0 fully saturated rings. The molecule has 5 nitrogen and oxygen atoms in total. The molecule has 0 spiro atoms. The average Bonchev–Trinajstić information content (AvgIpc) is 2.54. The average molecular weight is 227 g/mol. The van der Waals surface area contributed by atoms with Crippen molar-refractivity contribution in [2.24, 2.45) is 7.05 Å². The molecule has 1 heterocycles. The normalized spacial score (nSPS) is 12.8. The van der Waals surface area contributed by atoms with Crippen molar-refractivity contribution in [1.29, 1.82) is 0 Å². The van der Waals surface area contributed by atoms with Crippen molar-refractivity contribution in [2.75, 3.05) is 13.7 Å². The SMILES string of the molecule is CCc1nn(C)c(OC)c1CNC[C@@H](C)O. The summed E-state index contributed by atoms with van der Waals surface area (Å²) in [6.45, 7) is 5.07. The lowest BCUT2D eigenvalue weighted by atomic mass is 10.2. The third-order valence-corrected chi connectivity index (χ3v) is 2.44. The molecular formula is C11H21N3O2. The van der Waals surface area contributed by atoms with E-state index in [9.17, 15) is 5.11 Å². The number of aryl methyl sites for hydroxylation is 2. The number of aliphatic hydroxyl groups is 1. The van der Waals surface area contributed by atoms with Crippen molar-refractivity contribution >= 4 is 0 Å². The van der Waals surface area contributed by atoms with Crippen molar-refractivity contribution in [3.05, 3.63) is 11.3 Å². The molecule has 0 saturated heterocycles. The molecule has 1 aromatic rings. The van der Waals surface area contributed by atoms with Crippen molar-refractivity contribution in [2.45, 2.75) is 32.9 Å². The maximum absolute atomic E-state index is 9.17. The fourth-order valence-electron chi connectivity index (χ4n) is 1.73. The van der Waals surface area contributed by atoms with Gasteiger partial charge in [0, 0.05) is 20.1 Å². The van der Waals surface area contributed by atoms with Gasteiger partial charge < -0.3 is 15.2 Å². The Balaban J connectivity index is 2.75. The van der Waals surface area contributed by atoms with Gasteiger partial charge in [-0.15, -0.1) is 0 Å². The summed E-state index contributed by atoms with van der Waals surface area (Å²) >= 11 is 0. The van der Waals surface area contributed by atoms with E-state index in [4.69, 9.17) is 4.74 Å². The molecule has 0 unspecified atom stereocenters. The van der Waals surface area contributed by atoms with Crippen molar-refractivity contribution < 1.29 is 9.84 Å². The molecule has 1 rings (SSSR count). The number of hydrogen-bond donors (Lipinski definition) is 2. The zero-order chi connectivity index (χ0) is 12.1. The Hall–Kier alpha value is -1.07. The van der Waals surface area contributed by atoms with Crippen LogP contribution in [0.4, 0.5) is 0 Å². The molecule has 0 amide bonds. The van der Waals surface area contributed by atoms with E-state index in [0.717, 1.165) is 23.6 Å². The summed E-state index contributed by atoms with van der Waals surface area (Å²) in [6.07, 6.45) is 0.538. The molecule has 2 N–H and O–H groups in total. The van der Waals surface area contributed by atoms with E-state index in [0.29, 0.717) is 13.1 Å². The lowest BCUT2D eigenvalue weighted by molar-refractivity contribution is 0.190. The monoisotopic (exact) mass is 227 g/mol. The summed E-state index contributed by atoms with van der Waals surface area (Å²) in [5.41, 5.74) is 2.12. The minimum Gasteiger partial charge on any atom is -0.481 e. The van der Waals surface area contributed by atoms with Gasteiger partial charge in [0.2, 0.25) is 5.88 Å². The first-order valence-corrected chi connectivity index (χ1v) is 5.57. The molecule has 1 atom stereocenters. The maximum atomic E-state index is 9.17. The first kappa shape index (κ1) is 13.0. The summed E-state index contributed by atoms with van der Waals surface area (Å²) in [6, 6.07) is 0. The number of aliphatic hydroxyl groups excluding tert-OH is 1. The summed E-state index contributed by atoms with van der Waals surface area (Å²) in [7, 11) is 3.52. The van der Waals surface area contributed by atoms with Crippen LogP contribution < -0.4 is 10.1 Å². The van der Waals surface area contributed by atoms with Crippen LogP contribution in [0, 0.1) is 0 Å². The quantitative estimate of drug-likeness (QED) is 0.741. The van der Waals surface area contributed by atoms with Gasteiger partial charge in [-0.1, -0.05) is 6.92 Å². The number of nitrogens with zero attached hydrogens (tertiary/aromatic N) is 2. The van der Waals surface area contributed by atoms with Gasteiger partial charge in [-0.05, 0) is 13.3 Å². The number of rotatable bonds is 6. The third-order valence-electron chi connectivity index (χ3n) is 2.44. The van der Waals surface area contributed by atoms with Crippen LogP contribution >= 0.6 is 0 Å². The number of ether oxygens (including phenoxy) is 1. The Morgan fingerprint density at radius 2 is 2.25 bits per heavy atom. The molecule has 0 aliphatic rings. The maximum Gasteiger partial charge on any atom is 0.216 e. The van der Waals surface area contributed by atoms with Gasteiger partial charge in [-0.25, -0.2) is 4.68 Å². The van der Waals surface area contributed by atoms with E-state index < -0.39 is 0 Å². The smallest absolute Gasteiger partial charge is 0.216 e. The van der Waals surface area contributed by atoms with E-state index in [1.165, 1.54) is 0 Å². The van der Waals surface area contributed by atoms with Crippen molar-refractivity contribution in [3.63, 3.8) is 0 Å². The lowest BCUT2D eigenvalue weighted by Gasteiger charge is -2.08. The fraction of sp³-hybridized carbons (Fsp3) is 0.727. The van der Waals surface area contributed by atoms with E-state index in [-0.39, 0.29) is 6.10 Å². The molecule has 0 aromatic carbocycles. The molecule has 5 heteroatoms. The van der Waals surface area contributed by atoms with Crippen LogP contribution in [0.15, 0.2) is 0 Å². The lowest BCUT2D eigenvalue weighted by Crippen LogP contribution is -2.24. The second-order valence-electron chi connectivity index (χ2n) is 3.89. The zero-order valence-corrected chi connectivity index (χ0v) is 10.4. The summed E-state index contributed by atoms with van der Waals surface area (Å²) < 4.78 is 7.06. The Morgan fingerprint density at radius 1 is 1.56 bits per heavy atom. The summed E-state index contributed by atoms with van der Waals surface area (Å²) in [5.74, 6) is 0.787. The summed E-state index contributed by atoms with van der Waals surface area (Å²) in [4.78, 5) is 0. The molecule has 16 heavy (non-hydrogen) atoms. The van der Waals surface area contributed by atoms with Crippen LogP contribution in [0.1, 0.15) is 25.1 Å². The van der Waals surface area contributed by atoms with Crippen LogP contribution in [0.5, 0.6) is 5.88 Å². The molecule has 0 bridgehead atoms. The molecule has 0 aliphatic carbocycles. The highest BCUT2D eigenvalue weighted by atomic mass is 16.5. The van der Waals surface area contributed by atoms with E-state index in [1.54, 1.807) is 18.7 Å². The predicted octanol–water partition coefficient (Wildman–Crippen LogP) is 0.461. The van der Waals surface area contributed by atoms with Gasteiger partial charge in [0.1, 0.15) is 0 Å². The minimum absolute atomic E-state index is 0.340. The number of aromatic nitrogens is 2. The van der Waals surface area contributed by atoms with Crippen LogP contribution in [-0.2, 0) is 20.0 Å². The molecule has 0 saturated carbocycles. The van der Waals surface area contributed by atoms with Crippen LogP contribution in [0.3, 0.4) is 0 Å². The van der Waals surface area contributed by atoms with Gasteiger partial charge in [0.25, 0.3) is 0 Å². The second kappa shape index (κ2) is 5.86. The molecule has 92 valence electrons. The molecule has 1 aromatic heterocycles. The zero-order valence-electron chi connectivity index (χ0n) is 10.4. The third kappa shape index (κ3) is 2.96. The topological polar surface area (TPSA) is 59.3 Å². The summed E-state index contributed by atoms with van der Waals surface area (Å²) in [5, 5.41) is 16.7. The van der Waals surface area contributed by atoms with E-state index in [1.807, 2.05) is 7.05 Å². The standard InChI is InChI=1S/C11H21N3O2/c1-5-10-9(7-12-6-8(2)15)11(16-4)14(3)13-10/h8,12,15H,5-7H2,1-4H3/t8-/m1/s1. The Morgan fingerprint density at radius 3 is 2.75 bits per heavy atom. The highest BCUT2D eigenvalue weighted by molar-refractivity contribution is 5.31. The minimum atomic E-state index is -0.340. The van der Waals surface area contributed by atoms with Gasteiger partial charge >= 0.3 is 0 Å². The Kier molecular flexibility index (Phi) is 4.76. The Labute approximate surface area is 96.4 Å². The van der Waals surface area contributed by atoms with Gasteiger partial charge in [0.15, 0.2) is 0 Å². The van der Waals surface area contributed by atoms with E-state index >= 15 is 0 Å². The first-order chi connectivity index (χ1) is 7.60. The van der Waals surface area contributed by atoms with Crippen molar-refractivity contribution in [3.8, 4) is 5.88 Å². The second-order valence-corrected chi connectivity index (χ2v) is 3.89. The van der Waals surface area contributed by atoms with Crippen LogP contribution in [0.2, 0.25) is 0 Å². The molecular weight excluding hydrogens is 206 g/mol. The predicted molar refractivity (Wildman–Crippen MR) is 62.5 cm³/mol. The van der Waals surface area contributed by atoms with Gasteiger partial charge in [-0.3, -0.25) is 0 Å².